The molecule has 0 aromatic rings. The first-order chi connectivity index (χ1) is 8.42. The first-order valence-corrected chi connectivity index (χ1v) is 9.70. The Hall–Kier alpha value is 0.550. The van der Waals surface area contributed by atoms with Crippen LogP contribution in [0, 0.1) is 5.92 Å². The summed E-state index contributed by atoms with van der Waals surface area (Å²) < 4.78 is 23.2. The Balaban J connectivity index is 0.00000361. The zero-order valence-corrected chi connectivity index (χ0v) is 14.3. The summed E-state index contributed by atoms with van der Waals surface area (Å²) in [4.78, 5) is 36.2. The molecule has 4 N–H and O–H groups in total. The highest BCUT2D eigenvalue weighted by atomic mass is 35.5. The highest BCUT2D eigenvalue weighted by Crippen LogP contribution is 2.61. The van der Waals surface area contributed by atoms with E-state index in [0.29, 0.717) is 6.42 Å². The van der Waals surface area contributed by atoms with E-state index in [2.05, 4.69) is 14.1 Å². The molecule has 1 fully saturated rings. The van der Waals surface area contributed by atoms with Gasteiger partial charge in [-0.1, -0.05) is 0 Å². The number of hydrogen-bond acceptors (Lipinski definition) is 2. The van der Waals surface area contributed by atoms with E-state index in [0.717, 1.165) is 30.4 Å². The van der Waals surface area contributed by atoms with Gasteiger partial charge in [-0.3, -0.25) is 9.13 Å². The van der Waals surface area contributed by atoms with Crippen molar-refractivity contribution in [2.75, 3.05) is 27.2 Å². The van der Waals surface area contributed by atoms with Gasteiger partial charge in [-0.15, -0.1) is 0 Å². The number of likely N-dealkylation sites (tertiary alicyclic amines) is 1. The molecule has 0 spiro atoms. The molecule has 0 aromatic heterocycles. The summed E-state index contributed by atoms with van der Waals surface area (Å²) in [5, 5.41) is -1.85. The van der Waals surface area contributed by atoms with Gasteiger partial charge in [0, 0.05) is 5.92 Å². The lowest BCUT2D eigenvalue weighted by Gasteiger charge is -2.38. The molecule has 20 heavy (non-hydrogen) atoms. The second-order valence-corrected chi connectivity index (χ2v) is 10.1. The number of rotatable bonds is 5. The smallest absolute Gasteiger partial charge is 0.340 e. The molecule has 0 amide bonds. The van der Waals surface area contributed by atoms with Crippen LogP contribution in [0.25, 0.3) is 0 Å². The number of quaternary nitrogens is 1. The third kappa shape index (κ3) is 6.54. The molecule has 1 aliphatic heterocycles. The highest BCUT2D eigenvalue weighted by molar-refractivity contribution is 7.70. The topological polar surface area (TPSA) is 115 Å². The van der Waals surface area contributed by atoms with Crippen LogP contribution >= 0.6 is 15.2 Å². The molecule has 1 rings (SSSR count). The predicted molar refractivity (Wildman–Crippen MR) is 71.7 cm³/mol. The van der Waals surface area contributed by atoms with E-state index in [9.17, 15) is 9.13 Å². The van der Waals surface area contributed by atoms with Crippen molar-refractivity contribution < 1.29 is 45.6 Å². The van der Waals surface area contributed by atoms with Gasteiger partial charge in [-0.2, -0.15) is 0 Å². The van der Waals surface area contributed by atoms with E-state index in [4.69, 9.17) is 19.6 Å². The van der Waals surface area contributed by atoms with Crippen LogP contribution in [-0.2, 0) is 9.13 Å². The lowest BCUT2D eigenvalue weighted by molar-refractivity contribution is -0.898. The fraction of sp³-hybridized carbons (Fsp3) is 1.00. The third-order valence-corrected chi connectivity index (χ3v) is 7.61. The van der Waals surface area contributed by atoms with Crippen LogP contribution in [0.3, 0.4) is 0 Å². The predicted octanol–water partition coefficient (Wildman–Crippen LogP) is -2.06. The van der Waals surface area contributed by atoms with Crippen molar-refractivity contribution >= 4 is 15.2 Å². The van der Waals surface area contributed by atoms with Gasteiger partial charge in [0.1, 0.15) is 0 Å². The Morgan fingerprint density at radius 1 is 1.15 bits per heavy atom. The van der Waals surface area contributed by atoms with E-state index in [1.807, 2.05) is 0 Å². The largest absolute Gasteiger partial charge is 1.00 e. The second-order valence-electron chi connectivity index (χ2n) is 6.09. The van der Waals surface area contributed by atoms with Crippen molar-refractivity contribution in [1.29, 1.82) is 0 Å². The molecule has 1 atom stereocenters. The summed E-state index contributed by atoms with van der Waals surface area (Å²) in [6.07, 6.45) is 2.31. The van der Waals surface area contributed by atoms with Gasteiger partial charge in [0.15, 0.2) is 5.40 Å². The van der Waals surface area contributed by atoms with E-state index >= 15 is 0 Å². The maximum absolute atomic E-state index is 11.2. The Morgan fingerprint density at radius 3 is 2.05 bits per heavy atom. The first kappa shape index (κ1) is 20.6. The molecule has 122 valence electrons. The van der Waals surface area contributed by atoms with Gasteiger partial charge in [0.05, 0.1) is 27.2 Å². The van der Waals surface area contributed by atoms with Crippen LogP contribution < -0.4 is 12.4 Å². The van der Waals surface area contributed by atoms with Gasteiger partial charge >= 0.3 is 15.2 Å². The molecular weight excluding hydrogens is 328 g/mol. The SMILES string of the molecule is C[N+]1(C)CCCC(CCC(P(=O)(O)O)P(=O)(O)O)C1.[Cl-]. The minimum absolute atomic E-state index is 0. The van der Waals surface area contributed by atoms with Crippen molar-refractivity contribution in [3.63, 3.8) is 0 Å². The Morgan fingerprint density at radius 2 is 1.65 bits per heavy atom. The Labute approximate surface area is 125 Å². The van der Waals surface area contributed by atoms with Gasteiger partial charge < -0.3 is 36.5 Å². The first-order valence-electron chi connectivity index (χ1n) is 6.34. The molecule has 1 aliphatic rings. The van der Waals surface area contributed by atoms with Crippen LogP contribution in [0.4, 0.5) is 0 Å². The third-order valence-electron chi connectivity index (χ3n) is 3.74. The van der Waals surface area contributed by atoms with Crippen LogP contribution in [-0.4, -0.2) is 56.6 Å². The number of nitrogens with zero attached hydrogens (tertiary/aromatic N) is 1. The maximum atomic E-state index is 11.2. The summed E-state index contributed by atoms with van der Waals surface area (Å²) in [5.74, 6) is 0.268. The van der Waals surface area contributed by atoms with E-state index < -0.39 is 20.6 Å². The van der Waals surface area contributed by atoms with Crippen LogP contribution in [0.2, 0.25) is 0 Å². The van der Waals surface area contributed by atoms with Crippen LogP contribution in [0.15, 0.2) is 0 Å². The van der Waals surface area contributed by atoms with Crippen molar-refractivity contribution in [3.8, 4) is 0 Å². The summed E-state index contributed by atoms with van der Waals surface area (Å²) in [5.41, 5.74) is 0. The standard InChI is InChI=1S/C10H23NO6P2.ClH/c1-11(2)7-3-4-9(8-11)5-6-10(18(12,13)14)19(15,16)17;/h9-10H,3-8H2,1-2H3,(H3-,12,13,14,15,16,17);1H. The molecule has 0 saturated carbocycles. The van der Waals surface area contributed by atoms with E-state index in [1.165, 1.54) is 0 Å². The summed E-state index contributed by atoms with van der Waals surface area (Å²) in [6.45, 7) is 1.95. The fourth-order valence-electron chi connectivity index (χ4n) is 2.84. The van der Waals surface area contributed by atoms with Crippen LogP contribution in [0.1, 0.15) is 25.7 Å². The van der Waals surface area contributed by atoms with E-state index in [-0.39, 0.29) is 24.7 Å². The molecule has 7 nitrogen and oxygen atoms in total. The molecule has 0 bridgehead atoms. The average Bonchev–Trinajstić information content (AvgIpc) is 2.11. The fourth-order valence-corrected chi connectivity index (χ4v) is 5.38. The minimum Gasteiger partial charge on any atom is -1.00 e. The summed E-state index contributed by atoms with van der Waals surface area (Å²) in [6, 6.07) is 0. The average molecular weight is 352 g/mol. The van der Waals surface area contributed by atoms with Gasteiger partial charge in [0.2, 0.25) is 0 Å². The number of halogens is 1. The van der Waals surface area contributed by atoms with Gasteiger partial charge in [-0.25, -0.2) is 0 Å². The van der Waals surface area contributed by atoms with Gasteiger partial charge in [-0.05, 0) is 25.7 Å². The minimum atomic E-state index is -4.77. The molecule has 1 unspecified atom stereocenters. The van der Waals surface area contributed by atoms with Crippen molar-refractivity contribution in [2.45, 2.75) is 31.1 Å². The van der Waals surface area contributed by atoms with Gasteiger partial charge in [0.25, 0.3) is 0 Å². The normalized spacial score (nSPS) is 23.4. The van der Waals surface area contributed by atoms with E-state index in [1.54, 1.807) is 0 Å². The zero-order valence-electron chi connectivity index (χ0n) is 11.7. The second kappa shape index (κ2) is 7.21. The molecular formula is C10H24ClNO6P2. The molecule has 1 heterocycles. The van der Waals surface area contributed by atoms with Crippen LogP contribution in [0.5, 0.6) is 0 Å². The number of piperidine rings is 1. The molecule has 1 saturated heterocycles. The van der Waals surface area contributed by atoms with Crippen molar-refractivity contribution in [2.24, 2.45) is 5.92 Å². The highest BCUT2D eigenvalue weighted by Gasteiger charge is 2.43. The monoisotopic (exact) mass is 351 g/mol. The molecule has 0 aromatic carbocycles. The molecule has 10 heteroatoms. The molecule has 0 radical (unpaired) electrons. The number of hydrogen-bond donors (Lipinski definition) is 4. The van der Waals surface area contributed by atoms with Crippen molar-refractivity contribution in [3.05, 3.63) is 0 Å². The Bertz CT molecular complexity index is 385. The van der Waals surface area contributed by atoms with Crippen molar-refractivity contribution in [1.82, 2.24) is 0 Å². The zero-order chi connectivity index (χ0) is 14.9. The Kier molecular flexibility index (Phi) is 7.41. The molecule has 0 aliphatic carbocycles. The lowest BCUT2D eigenvalue weighted by Crippen LogP contribution is -3.00. The maximum Gasteiger partial charge on any atom is 0.340 e. The quantitative estimate of drug-likeness (QED) is 0.334. The summed E-state index contributed by atoms with van der Waals surface area (Å²) in [7, 11) is -5.35. The summed E-state index contributed by atoms with van der Waals surface area (Å²) >= 11 is 0. The lowest BCUT2D eigenvalue weighted by atomic mass is 9.93.